The second-order valence-corrected chi connectivity index (χ2v) is 14.2. The molecule has 9 nitrogen and oxygen atoms in total. The van der Waals surface area contributed by atoms with Crippen LogP contribution >= 0.6 is 0 Å². The number of allylic oxidation sites excluding steroid dienone is 1. The summed E-state index contributed by atoms with van der Waals surface area (Å²) in [5.74, 6) is -1.21. The van der Waals surface area contributed by atoms with Gasteiger partial charge in [-0.3, -0.25) is 14.6 Å². The minimum atomic E-state index is -4.70. The minimum absolute atomic E-state index is 0.0109. The first-order valence-corrected chi connectivity index (χ1v) is 16.5. The number of benzene rings is 1. The number of aryl methyl sites for hydroxylation is 1. The Labute approximate surface area is 267 Å². The molecular weight excluding hydrogens is 638 g/mol. The Morgan fingerprint density at radius 3 is 2.47 bits per heavy atom. The van der Waals surface area contributed by atoms with Crippen LogP contribution in [0.25, 0.3) is 11.8 Å². The minimum Gasteiger partial charge on any atom is -0.316 e. The van der Waals surface area contributed by atoms with Crippen LogP contribution in [0.1, 0.15) is 59.4 Å². The fraction of sp³-hybridized carbons (Fsp3) is 0.333. The molecule has 0 saturated heterocycles. The zero-order valence-electron chi connectivity index (χ0n) is 25.1. The Morgan fingerprint density at radius 2 is 1.79 bits per heavy atom. The Hall–Kier alpha value is -4.43. The summed E-state index contributed by atoms with van der Waals surface area (Å²) in [5, 5.41) is 4.53. The number of halogens is 4. The maximum atomic E-state index is 14.6. The third kappa shape index (κ3) is 5.42. The molecule has 2 saturated carbocycles. The number of Topliss-reactive ketones (excluding diaryl/α,β-unsaturated/α-hetero) is 1. The zero-order valence-corrected chi connectivity index (χ0v) is 25.9. The summed E-state index contributed by atoms with van der Waals surface area (Å²) in [6, 6.07) is 8.18. The van der Waals surface area contributed by atoms with Gasteiger partial charge in [0.2, 0.25) is 15.6 Å². The third-order valence-corrected chi connectivity index (χ3v) is 11.4. The first kappa shape index (κ1) is 31.2. The van der Waals surface area contributed by atoms with Crippen molar-refractivity contribution in [3.8, 4) is 5.69 Å². The molecule has 3 aliphatic rings. The monoisotopic (exact) mass is 667 g/mol. The average molecular weight is 668 g/mol. The van der Waals surface area contributed by atoms with Crippen LogP contribution in [-0.4, -0.2) is 49.9 Å². The van der Waals surface area contributed by atoms with Crippen LogP contribution in [0.2, 0.25) is 0 Å². The second-order valence-electron chi connectivity index (χ2n) is 12.4. The smallest absolute Gasteiger partial charge is 0.316 e. The number of ketones is 1. The van der Waals surface area contributed by atoms with Crippen molar-refractivity contribution in [3.05, 3.63) is 111 Å². The molecule has 3 heterocycles. The van der Waals surface area contributed by atoms with Crippen molar-refractivity contribution in [2.75, 3.05) is 0 Å². The van der Waals surface area contributed by atoms with Gasteiger partial charge in [0.1, 0.15) is 11.5 Å². The van der Waals surface area contributed by atoms with Crippen molar-refractivity contribution >= 4 is 21.9 Å². The first-order chi connectivity index (χ1) is 22.3. The lowest BCUT2D eigenvalue weighted by atomic mass is 9.60. The van der Waals surface area contributed by atoms with E-state index >= 15 is 0 Å². The van der Waals surface area contributed by atoms with Gasteiger partial charge in [-0.2, -0.15) is 22.6 Å². The van der Waals surface area contributed by atoms with Gasteiger partial charge in [0, 0.05) is 37.6 Å². The number of pyridine rings is 2. The van der Waals surface area contributed by atoms with Gasteiger partial charge in [-0.05, 0) is 92.6 Å². The molecule has 0 bridgehead atoms. The molecule has 1 aromatic carbocycles. The molecule has 7 rings (SSSR count). The maximum Gasteiger partial charge on any atom is 0.416 e. The summed E-state index contributed by atoms with van der Waals surface area (Å²) in [6.07, 6.45) is 3.22. The highest BCUT2D eigenvalue weighted by Crippen LogP contribution is 2.52. The molecule has 244 valence electrons. The second kappa shape index (κ2) is 11.1. The summed E-state index contributed by atoms with van der Waals surface area (Å²) in [7, 11) is -2.50. The highest BCUT2D eigenvalue weighted by molar-refractivity contribution is 7.89. The van der Waals surface area contributed by atoms with E-state index in [1.165, 1.54) is 27.1 Å². The van der Waals surface area contributed by atoms with E-state index in [9.17, 15) is 35.6 Å². The van der Waals surface area contributed by atoms with E-state index in [4.69, 9.17) is 0 Å². The lowest BCUT2D eigenvalue weighted by Gasteiger charge is -2.46. The van der Waals surface area contributed by atoms with E-state index < -0.39 is 44.8 Å². The van der Waals surface area contributed by atoms with Gasteiger partial charge < -0.3 is 4.57 Å². The Bertz CT molecular complexity index is 2100. The van der Waals surface area contributed by atoms with Crippen LogP contribution in [0.5, 0.6) is 0 Å². The van der Waals surface area contributed by atoms with E-state index in [1.807, 2.05) is 6.08 Å². The third-order valence-electron chi connectivity index (χ3n) is 9.36. The van der Waals surface area contributed by atoms with Crippen LogP contribution < -0.4 is 5.56 Å². The van der Waals surface area contributed by atoms with Gasteiger partial charge in [0.05, 0.1) is 33.5 Å². The van der Waals surface area contributed by atoms with Gasteiger partial charge in [-0.15, -0.1) is 0 Å². The summed E-state index contributed by atoms with van der Waals surface area (Å²) in [6.45, 7) is 0. The van der Waals surface area contributed by atoms with Crippen molar-refractivity contribution in [2.24, 2.45) is 12.5 Å². The molecule has 47 heavy (non-hydrogen) atoms. The predicted molar refractivity (Wildman–Crippen MR) is 163 cm³/mol. The summed E-state index contributed by atoms with van der Waals surface area (Å²) >= 11 is 0. The summed E-state index contributed by atoms with van der Waals surface area (Å²) in [4.78, 5) is 30.6. The van der Waals surface area contributed by atoms with E-state index in [0.29, 0.717) is 41.8 Å². The molecule has 0 unspecified atom stereocenters. The standard InChI is InChI=1S/C33H29F4N5O4S/c1-40-19-26(8-11-30(40)43)41-29-15-21-2-5-25(42(24-6-7-24)47(45,46)27-9-3-23(34)4-10-27)17-32(21,16-20(29)18-39-41)31(44)28-14-22(12-13-38-28)33(35,36)37/h3-4,8-15,18-19,24-25H,2,5-7,16-17H2,1H3/t25-,32-/m0/s1. The molecule has 0 aliphatic heterocycles. The van der Waals surface area contributed by atoms with Gasteiger partial charge in [0.25, 0.3) is 0 Å². The quantitative estimate of drug-likeness (QED) is 0.195. The zero-order chi connectivity index (χ0) is 33.3. The molecule has 0 radical (unpaired) electrons. The Kier molecular flexibility index (Phi) is 7.35. The van der Waals surface area contributed by atoms with Crippen molar-refractivity contribution in [2.45, 2.75) is 61.7 Å². The van der Waals surface area contributed by atoms with Gasteiger partial charge in [-0.1, -0.05) is 5.57 Å². The van der Waals surface area contributed by atoms with E-state index in [1.54, 1.807) is 30.2 Å². The molecule has 2 fully saturated rings. The van der Waals surface area contributed by atoms with E-state index in [2.05, 4.69) is 10.1 Å². The molecule has 2 atom stereocenters. The van der Waals surface area contributed by atoms with Gasteiger partial charge >= 0.3 is 6.18 Å². The number of sulfonamides is 1. The highest BCUT2D eigenvalue weighted by Gasteiger charge is 2.54. The number of fused-ring (bicyclic) bond motifs is 2. The molecule has 4 aromatic rings. The fourth-order valence-corrected chi connectivity index (χ4v) is 8.83. The largest absolute Gasteiger partial charge is 0.416 e. The van der Waals surface area contributed by atoms with E-state index in [0.717, 1.165) is 30.5 Å². The SMILES string of the molecule is Cn1cc(-n2ncc3c2C=C2CC[C@H](N(C4CC4)S(=O)(=O)c4ccc(F)cc4)C[C@@]2(C(=O)c2cc(C(F)(F)F)ccn2)C3)ccc1=O. The molecule has 3 aromatic heterocycles. The van der Waals surface area contributed by atoms with Gasteiger partial charge in [-0.25, -0.2) is 17.5 Å². The summed E-state index contributed by atoms with van der Waals surface area (Å²) < 4.78 is 87.4. The van der Waals surface area contributed by atoms with Gasteiger partial charge in [0.15, 0.2) is 5.78 Å². The first-order valence-electron chi connectivity index (χ1n) is 15.1. The number of aromatic nitrogens is 4. The Balaban J connectivity index is 1.34. The number of rotatable bonds is 7. The molecule has 0 N–H and O–H groups in total. The van der Waals surface area contributed by atoms with E-state index in [-0.39, 0.29) is 41.5 Å². The number of alkyl halides is 3. The lowest BCUT2D eigenvalue weighted by Crippen LogP contribution is -2.51. The summed E-state index contributed by atoms with van der Waals surface area (Å²) in [5.41, 5.74) is -0.438. The Morgan fingerprint density at radius 1 is 1.04 bits per heavy atom. The average Bonchev–Trinajstić information content (AvgIpc) is 3.78. The molecule has 0 spiro atoms. The van der Waals surface area contributed by atoms with Crippen LogP contribution in [-0.2, 0) is 29.7 Å². The lowest BCUT2D eigenvalue weighted by molar-refractivity contribution is -0.137. The van der Waals surface area contributed by atoms with Crippen molar-refractivity contribution < 1.29 is 30.8 Å². The van der Waals surface area contributed by atoms with Crippen LogP contribution in [0.4, 0.5) is 17.6 Å². The number of hydrogen-bond acceptors (Lipinski definition) is 6. The molecule has 0 amide bonds. The fourth-order valence-electron chi connectivity index (χ4n) is 6.94. The van der Waals surface area contributed by atoms with Crippen molar-refractivity contribution in [1.82, 2.24) is 23.6 Å². The number of carbonyl (C=O) groups is 1. The molecular formula is C33H29F4N5O4S. The van der Waals surface area contributed by atoms with Crippen LogP contribution in [0.15, 0.2) is 82.4 Å². The normalized spacial score (nSPS) is 21.2. The number of carbonyl (C=O) groups excluding carboxylic acids is 1. The maximum absolute atomic E-state index is 14.6. The predicted octanol–water partition coefficient (Wildman–Crippen LogP) is 5.34. The number of nitrogens with zero attached hydrogens (tertiary/aromatic N) is 5. The van der Waals surface area contributed by atoms with Crippen LogP contribution in [0, 0.1) is 11.2 Å². The molecule has 3 aliphatic carbocycles. The number of hydrogen-bond donors (Lipinski definition) is 0. The van der Waals surface area contributed by atoms with Crippen LogP contribution in [0.3, 0.4) is 0 Å². The topological polar surface area (TPSA) is 107 Å². The highest BCUT2D eigenvalue weighted by atomic mass is 32.2. The van der Waals surface area contributed by atoms with Crippen molar-refractivity contribution in [3.63, 3.8) is 0 Å². The molecule has 14 heteroatoms. The van der Waals surface area contributed by atoms with Crippen molar-refractivity contribution in [1.29, 1.82) is 0 Å².